The minimum absolute atomic E-state index is 0.0746. The maximum atomic E-state index is 12.8. The van der Waals surface area contributed by atoms with Crippen LogP contribution in [0, 0.1) is 0 Å². The summed E-state index contributed by atoms with van der Waals surface area (Å²) in [5.74, 6) is -0.881. The van der Waals surface area contributed by atoms with Crippen molar-refractivity contribution in [3.05, 3.63) is 36.5 Å². The van der Waals surface area contributed by atoms with Gasteiger partial charge in [-0.2, -0.15) is 0 Å². The molecular weight excluding hydrogens is 829 g/mol. The lowest BCUT2D eigenvalue weighted by atomic mass is 10.0. The molecule has 0 bridgehead atoms. The van der Waals surface area contributed by atoms with Gasteiger partial charge in [0.2, 0.25) is 0 Å². The molecule has 0 N–H and O–H groups in total. The normalized spacial score (nSPS) is 12.2. The van der Waals surface area contributed by atoms with Crippen LogP contribution in [-0.2, 0) is 28.6 Å². The third-order valence-corrected chi connectivity index (χ3v) is 13.1. The molecule has 6 nitrogen and oxygen atoms in total. The molecule has 0 aromatic heterocycles. The Morgan fingerprint density at radius 3 is 0.866 bits per heavy atom. The number of unbranched alkanes of at least 4 members (excludes halogenated alkanes) is 37. The van der Waals surface area contributed by atoms with E-state index in [9.17, 15) is 14.4 Å². The number of hydrogen-bond donors (Lipinski definition) is 0. The quantitative estimate of drug-likeness (QED) is 0.0262. The zero-order valence-electron chi connectivity index (χ0n) is 44.9. The molecule has 0 aliphatic heterocycles. The highest BCUT2D eigenvalue weighted by Gasteiger charge is 2.19. The van der Waals surface area contributed by atoms with Crippen molar-refractivity contribution in [2.24, 2.45) is 0 Å². The lowest BCUT2D eigenvalue weighted by Crippen LogP contribution is -2.30. The van der Waals surface area contributed by atoms with E-state index in [2.05, 4.69) is 57.2 Å². The third kappa shape index (κ3) is 54.4. The number of allylic oxidation sites excluding steroid dienone is 6. The molecule has 0 rings (SSSR count). The predicted molar refractivity (Wildman–Crippen MR) is 289 cm³/mol. The molecule has 0 aliphatic carbocycles. The molecule has 0 fully saturated rings. The molecule has 0 saturated heterocycles. The first-order valence-corrected chi connectivity index (χ1v) is 29.5. The second-order valence-corrected chi connectivity index (χ2v) is 19.9. The van der Waals surface area contributed by atoms with Crippen molar-refractivity contribution in [3.63, 3.8) is 0 Å². The van der Waals surface area contributed by atoms with Crippen molar-refractivity contribution >= 4 is 17.9 Å². The van der Waals surface area contributed by atoms with Crippen LogP contribution in [-0.4, -0.2) is 37.2 Å². The van der Waals surface area contributed by atoms with Gasteiger partial charge in [-0.3, -0.25) is 14.4 Å². The summed E-state index contributed by atoms with van der Waals surface area (Å²) in [6.07, 6.45) is 67.4. The minimum Gasteiger partial charge on any atom is -0.462 e. The number of esters is 3. The first kappa shape index (κ1) is 64.6. The van der Waals surface area contributed by atoms with Crippen LogP contribution in [0.15, 0.2) is 36.5 Å². The van der Waals surface area contributed by atoms with Crippen LogP contribution in [0.25, 0.3) is 0 Å². The van der Waals surface area contributed by atoms with Gasteiger partial charge in [0.05, 0.1) is 0 Å². The zero-order chi connectivity index (χ0) is 48.6. The molecule has 1 unspecified atom stereocenters. The van der Waals surface area contributed by atoms with Gasteiger partial charge < -0.3 is 14.2 Å². The Morgan fingerprint density at radius 2 is 0.537 bits per heavy atom. The van der Waals surface area contributed by atoms with Crippen molar-refractivity contribution in [3.8, 4) is 0 Å². The molecule has 0 radical (unpaired) electrons. The van der Waals surface area contributed by atoms with Crippen molar-refractivity contribution in [2.45, 2.75) is 322 Å². The van der Waals surface area contributed by atoms with E-state index in [1.54, 1.807) is 0 Å². The molecule has 392 valence electrons. The van der Waals surface area contributed by atoms with Crippen molar-refractivity contribution in [1.82, 2.24) is 0 Å². The summed E-state index contributed by atoms with van der Waals surface area (Å²) in [4.78, 5) is 37.9. The molecule has 0 amide bonds. The van der Waals surface area contributed by atoms with Crippen LogP contribution in [0.4, 0.5) is 0 Å². The largest absolute Gasteiger partial charge is 0.462 e. The highest BCUT2D eigenvalue weighted by atomic mass is 16.6. The Morgan fingerprint density at radius 1 is 0.299 bits per heavy atom. The van der Waals surface area contributed by atoms with Crippen LogP contribution in [0.2, 0.25) is 0 Å². The van der Waals surface area contributed by atoms with E-state index >= 15 is 0 Å². The van der Waals surface area contributed by atoms with Crippen LogP contribution >= 0.6 is 0 Å². The number of carbonyl (C=O) groups excluding carboxylic acids is 3. The lowest BCUT2D eigenvalue weighted by molar-refractivity contribution is -0.167. The molecule has 6 heteroatoms. The summed E-state index contributed by atoms with van der Waals surface area (Å²) < 4.78 is 16.8. The van der Waals surface area contributed by atoms with Crippen molar-refractivity contribution < 1.29 is 28.6 Å². The first-order chi connectivity index (χ1) is 33.0. The summed E-state index contributed by atoms with van der Waals surface area (Å²) in [6.45, 7) is 6.59. The first-order valence-electron chi connectivity index (χ1n) is 29.5. The van der Waals surface area contributed by atoms with Gasteiger partial charge in [-0.05, 0) is 77.0 Å². The highest BCUT2D eigenvalue weighted by molar-refractivity contribution is 5.71. The Balaban J connectivity index is 4.07. The molecule has 0 spiro atoms. The molecular formula is C61H112O6. The second-order valence-electron chi connectivity index (χ2n) is 19.9. The maximum absolute atomic E-state index is 12.8. The van der Waals surface area contributed by atoms with Gasteiger partial charge in [0.15, 0.2) is 6.10 Å². The smallest absolute Gasteiger partial charge is 0.306 e. The van der Waals surface area contributed by atoms with Gasteiger partial charge in [-0.15, -0.1) is 0 Å². The highest BCUT2D eigenvalue weighted by Crippen LogP contribution is 2.16. The number of carbonyl (C=O) groups is 3. The maximum Gasteiger partial charge on any atom is 0.306 e. The third-order valence-electron chi connectivity index (χ3n) is 13.1. The summed E-state index contributed by atoms with van der Waals surface area (Å²) in [7, 11) is 0. The Kier molecular flexibility index (Phi) is 54.2. The molecule has 0 aromatic carbocycles. The standard InChI is InChI=1S/C61H112O6/c1-4-7-10-13-16-18-20-22-24-25-26-27-28-29-30-31-32-33-34-35-37-38-40-42-45-48-51-54-60(63)66-57-58(56-65-59(62)53-50-47-44-15-12-9-6-3)67-61(64)55-52-49-46-43-41-39-36-23-21-19-17-14-11-8-5-2/h17,19,23,25-26,36,58H,4-16,18,20-22,24,27-35,37-57H2,1-3H3/b19-17-,26-25-,36-23-. The van der Waals surface area contributed by atoms with E-state index in [0.29, 0.717) is 19.3 Å². The fraction of sp³-hybridized carbons (Fsp3) is 0.852. The fourth-order valence-electron chi connectivity index (χ4n) is 8.65. The summed E-state index contributed by atoms with van der Waals surface area (Å²) in [5.41, 5.74) is 0. The number of rotatable bonds is 54. The van der Waals surface area contributed by atoms with Gasteiger partial charge in [0, 0.05) is 19.3 Å². The topological polar surface area (TPSA) is 78.9 Å². The summed E-state index contributed by atoms with van der Waals surface area (Å²) in [6, 6.07) is 0. The molecule has 0 heterocycles. The Bertz CT molecular complexity index is 1130. The van der Waals surface area contributed by atoms with Crippen LogP contribution in [0.5, 0.6) is 0 Å². The van der Waals surface area contributed by atoms with Crippen molar-refractivity contribution in [2.75, 3.05) is 13.2 Å². The molecule has 67 heavy (non-hydrogen) atoms. The second kappa shape index (κ2) is 56.2. The number of ether oxygens (including phenoxy) is 3. The van der Waals surface area contributed by atoms with Gasteiger partial charge in [-0.1, -0.05) is 256 Å². The van der Waals surface area contributed by atoms with Crippen LogP contribution in [0.1, 0.15) is 316 Å². The summed E-state index contributed by atoms with van der Waals surface area (Å²) in [5, 5.41) is 0. The van der Waals surface area contributed by atoms with Crippen molar-refractivity contribution in [1.29, 1.82) is 0 Å². The zero-order valence-corrected chi connectivity index (χ0v) is 44.9. The van der Waals surface area contributed by atoms with E-state index in [-0.39, 0.29) is 31.1 Å². The molecule has 0 aliphatic rings. The van der Waals surface area contributed by atoms with Crippen LogP contribution in [0.3, 0.4) is 0 Å². The molecule has 1 atom stereocenters. The van der Waals surface area contributed by atoms with E-state index in [4.69, 9.17) is 14.2 Å². The monoisotopic (exact) mass is 941 g/mol. The summed E-state index contributed by atoms with van der Waals surface area (Å²) >= 11 is 0. The van der Waals surface area contributed by atoms with Crippen LogP contribution < -0.4 is 0 Å². The Labute approximate surface area is 416 Å². The van der Waals surface area contributed by atoms with E-state index in [1.165, 1.54) is 193 Å². The average molecular weight is 942 g/mol. The SMILES string of the molecule is CCCCC/C=C\C/C=C\CCCCCCCC(=O)OC(COC(=O)CCCCCCCCC)COC(=O)CCCCCCCCCCCCCCCCC/C=C\CCCCCCCCCC. The van der Waals surface area contributed by atoms with Gasteiger partial charge in [0.1, 0.15) is 13.2 Å². The van der Waals surface area contributed by atoms with Gasteiger partial charge >= 0.3 is 17.9 Å². The fourth-order valence-corrected chi connectivity index (χ4v) is 8.65. The van der Waals surface area contributed by atoms with Gasteiger partial charge in [-0.25, -0.2) is 0 Å². The molecule has 0 aromatic rings. The Hall–Kier alpha value is -2.37. The molecule has 0 saturated carbocycles. The van der Waals surface area contributed by atoms with Gasteiger partial charge in [0.25, 0.3) is 0 Å². The van der Waals surface area contributed by atoms with E-state index in [1.807, 2.05) is 0 Å². The minimum atomic E-state index is -0.774. The average Bonchev–Trinajstić information content (AvgIpc) is 3.33. The lowest BCUT2D eigenvalue weighted by Gasteiger charge is -2.18. The number of hydrogen-bond acceptors (Lipinski definition) is 6. The van der Waals surface area contributed by atoms with E-state index in [0.717, 1.165) is 83.5 Å². The predicted octanol–water partition coefficient (Wildman–Crippen LogP) is 19.7. The van der Waals surface area contributed by atoms with E-state index < -0.39 is 6.10 Å².